The lowest BCUT2D eigenvalue weighted by Crippen LogP contribution is -2.29. The van der Waals surface area contributed by atoms with E-state index in [2.05, 4.69) is 11.9 Å². The first-order valence-corrected chi connectivity index (χ1v) is 11.0. The van der Waals surface area contributed by atoms with Crippen LogP contribution in [-0.4, -0.2) is 40.3 Å². The number of anilines is 2. The predicted octanol–water partition coefficient (Wildman–Crippen LogP) is 3.69. The Bertz CT molecular complexity index is 973. The maximum Gasteiger partial charge on any atom is 0.255 e. The van der Waals surface area contributed by atoms with Crippen LogP contribution in [0.2, 0.25) is 0 Å². The molecule has 0 aromatic heterocycles. The van der Waals surface area contributed by atoms with E-state index in [0.717, 1.165) is 6.26 Å². The summed E-state index contributed by atoms with van der Waals surface area (Å²) in [6.07, 6.45) is 2.62. The third kappa shape index (κ3) is 5.99. The minimum absolute atomic E-state index is 0.132. The van der Waals surface area contributed by atoms with Gasteiger partial charge in [-0.15, -0.1) is 6.58 Å². The molecule has 0 saturated carbocycles. The van der Waals surface area contributed by atoms with E-state index < -0.39 is 10.0 Å². The molecule has 0 bridgehead atoms. The van der Waals surface area contributed by atoms with Crippen LogP contribution in [-0.2, 0) is 10.0 Å². The Morgan fingerprint density at radius 2 is 1.79 bits per heavy atom. The van der Waals surface area contributed by atoms with E-state index in [0.29, 0.717) is 41.7 Å². The van der Waals surface area contributed by atoms with Gasteiger partial charge >= 0.3 is 0 Å². The second kappa shape index (κ2) is 9.97. The van der Waals surface area contributed by atoms with Crippen molar-refractivity contribution in [3.8, 4) is 11.5 Å². The van der Waals surface area contributed by atoms with Crippen LogP contribution in [0, 0.1) is 0 Å². The Balaban J connectivity index is 2.27. The van der Waals surface area contributed by atoms with Crippen LogP contribution >= 0.6 is 0 Å². The van der Waals surface area contributed by atoms with E-state index in [1.54, 1.807) is 42.5 Å². The topological polar surface area (TPSA) is 84.9 Å². The Kier molecular flexibility index (Phi) is 7.67. The summed E-state index contributed by atoms with van der Waals surface area (Å²) in [5.74, 6) is 0.715. The van der Waals surface area contributed by atoms with Gasteiger partial charge in [-0.05, 0) is 50.2 Å². The van der Waals surface area contributed by atoms with Crippen LogP contribution in [0.15, 0.2) is 55.1 Å². The smallest absolute Gasteiger partial charge is 0.255 e. The lowest BCUT2D eigenvalue weighted by molar-refractivity contribution is 0.102. The Morgan fingerprint density at radius 3 is 2.41 bits per heavy atom. The van der Waals surface area contributed by atoms with Crippen LogP contribution in [0.4, 0.5) is 11.4 Å². The second-order valence-electron chi connectivity index (χ2n) is 6.11. The number of hydrogen-bond acceptors (Lipinski definition) is 5. The van der Waals surface area contributed by atoms with Crippen molar-refractivity contribution in [2.24, 2.45) is 0 Å². The van der Waals surface area contributed by atoms with E-state index in [-0.39, 0.29) is 12.5 Å². The molecule has 1 N–H and O–H groups in total. The van der Waals surface area contributed by atoms with Gasteiger partial charge in [0.15, 0.2) is 11.5 Å². The molecule has 0 aliphatic carbocycles. The first kappa shape index (κ1) is 22.3. The molecule has 7 nitrogen and oxygen atoms in total. The number of ether oxygens (including phenoxy) is 2. The van der Waals surface area contributed by atoms with Crippen LogP contribution < -0.4 is 19.1 Å². The molecule has 0 saturated heterocycles. The van der Waals surface area contributed by atoms with E-state index in [1.807, 2.05) is 13.8 Å². The number of rotatable bonds is 10. The minimum atomic E-state index is -3.48. The highest BCUT2D eigenvalue weighted by Gasteiger charge is 2.17. The van der Waals surface area contributed by atoms with E-state index >= 15 is 0 Å². The third-order valence-corrected chi connectivity index (χ3v) is 5.05. The first-order chi connectivity index (χ1) is 13.8. The number of hydrogen-bond donors (Lipinski definition) is 1. The van der Waals surface area contributed by atoms with Crippen LogP contribution in [0.25, 0.3) is 0 Å². The number of sulfonamides is 1. The molecule has 29 heavy (non-hydrogen) atoms. The molecule has 0 unspecified atom stereocenters. The average Bonchev–Trinajstić information content (AvgIpc) is 2.67. The molecule has 0 spiro atoms. The molecule has 0 radical (unpaired) electrons. The number of carbonyl (C=O) groups excluding carboxylic acids is 1. The highest BCUT2D eigenvalue weighted by atomic mass is 32.2. The molecule has 0 aliphatic rings. The van der Waals surface area contributed by atoms with Gasteiger partial charge in [-0.2, -0.15) is 0 Å². The van der Waals surface area contributed by atoms with E-state index in [1.165, 1.54) is 10.4 Å². The van der Waals surface area contributed by atoms with Crippen molar-refractivity contribution in [2.75, 3.05) is 35.6 Å². The van der Waals surface area contributed by atoms with Crippen molar-refractivity contribution < 1.29 is 22.7 Å². The molecule has 8 heteroatoms. The predicted molar refractivity (Wildman–Crippen MR) is 116 cm³/mol. The van der Waals surface area contributed by atoms with Crippen molar-refractivity contribution >= 4 is 27.3 Å². The zero-order chi connectivity index (χ0) is 21.4. The average molecular weight is 419 g/mol. The van der Waals surface area contributed by atoms with Gasteiger partial charge in [0, 0.05) is 11.3 Å². The number of carbonyl (C=O) groups is 1. The molecule has 0 aliphatic heterocycles. The summed E-state index contributed by atoms with van der Waals surface area (Å²) in [6.45, 7) is 8.38. The second-order valence-corrected chi connectivity index (χ2v) is 8.02. The van der Waals surface area contributed by atoms with Gasteiger partial charge in [0.25, 0.3) is 5.91 Å². The lowest BCUT2D eigenvalue weighted by atomic mass is 10.1. The SMILES string of the molecule is C=CCN(c1cccc(NC(=O)c2ccc(OCC)c(OCC)c2)c1)S(C)(=O)=O. The van der Waals surface area contributed by atoms with Crippen LogP contribution in [0.5, 0.6) is 11.5 Å². The van der Waals surface area contributed by atoms with Gasteiger partial charge in [-0.25, -0.2) is 8.42 Å². The summed E-state index contributed by atoms with van der Waals surface area (Å²) in [5.41, 5.74) is 1.30. The number of nitrogens with one attached hydrogen (secondary N) is 1. The summed E-state index contributed by atoms with van der Waals surface area (Å²) < 4.78 is 36.3. The van der Waals surface area contributed by atoms with Gasteiger partial charge < -0.3 is 14.8 Å². The summed E-state index contributed by atoms with van der Waals surface area (Å²) in [6, 6.07) is 11.6. The minimum Gasteiger partial charge on any atom is -0.490 e. The molecule has 156 valence electrons. The molecule has 2 rings (SSSR count). The molecule has 0 atom stereocenters. The number of amides is 1. The summed E-state index contributed by atoms with van der Waals surface area (Å²) in [4.78, 5) is 12.7. The lowest BCUT2D eigenvalue weighted by Gasteiger charge is -2.21. The Morgan fingerprint density at radius 1 is 1.10 bits per heavy atom. The Hall–Kier alpha value is -3.00. The standard InChI is InChI=1S/C21H26N2O5S/c1-5-13-23(29(4,25)26)18-10-8-9-17(15-18)22-21(24)16-11-12-19(27-6-2)20(14-16)28-7-3/h5,8-12,14-15H,1,6-7,13H2,2-4H3,(H,22,24). The zero-order valence-electron chi connectivity index (χ0n) is 16.8. The number of nitrogens with zero attached hydrogens (tertiary/aromatic N) is 1. The maximum atomic E-state index is 12.7. The molecule has 0 heterocycles. The van der Waals surface area contributed by atoms with Gasteiger partial charge in [-0.3, -0.25) is 9.10 Å². The van der Waals surface area contributed by atoms with Gasteiger partial charge in [0.1, 0.15) is 0 Å². The Labute approximate surface area is 172 Å². The summed E-state index contributed by atoms with van der Waals surface area (Å²) in [7, 11) is -3.48. The van der Waals surface area contributed by atoms with E-state index in [9.17, 15) is 13.2 Å². The molecule has 1 amide bonds. The first-order valence-electron chi connectivity index (χ1n) is 9.19. The normalized spacial score (nSPS) is 10.9. The quantitative estimate of drug-likeness (QED) is 0.595. The van der Waals surface area contributed by atoms with Crippen molar-refractivity contribution in [2.45, 2.75) is 13.8 Å². The van der Waals surface area contributed by atoms with Crippen molar-refractivity contribution in [1.29, 1.82) is 0 Å². The highest BCUT2D eigenvalue weighted by molar-refractivity contribution is 7.92. The molecule has 2 aromatic carbocycles. The third-order valence-electron chi connectivity index (χ3n) is 3.89. The van der Waals surface area contributed by atoms with Crippen LogP contribution in [0.3, 0.4) is 0 Å². The fourth-order valence-corrected chi connectivity index (χ4v) is 3.56. The number of benzene rings is 2. The fourth-order valence-electron chi connectivity index (χ4n) is 2.68. The fraction of sp³-hybridized carbons (Fsp3) is 0.286. The van der Waals surface area contributed by atoms with Gasteiger partial charge in [-0.1, -0.05) is 12.1 Å². The van der Waals surface area contributed by atoms with Gasteiger partial charge in [0.05, 0.1) is 31.7 Å². The highest BCUT2D eigenvalue weighted by Crippen LogP contribution is 2.29. The molecular weight excluding hydrogens is 392 g/mol. The van der Waals surface area contributed by atoms with Crippen molar-refractivity contribution in [3.63, 3.8) is 0 Å². The molecular formula is C21H26N2O5S. The van der Waals surface area contributed by atoms with Gasteiger partial charge in [0.2, 0.25) is 10.0 Å². The monoisotopic (exact) mass is 418 g/mol. The van der Waals surface area contributed by atoms with Crippen molar-refractivity contribution in [1.82, 2.24) is 0 Å². The molecule has 0 fully saturated rings. The molecule has 2 aromatic rings. The summed E-state index contributed by atoms with van der Waals surface area (Å²) in [5, 5.41) is 2.79. The van der Waals surface area contributed by atoms with E-state index in [4.69, 9.17) is 9.47 Å². The summed E-state index contributed by atoms with van der Waals surface area (Å²) >= 11 is 0. The zero-order valence-corrected chi connectivity index (χ0v) is 17.7. The van der Waals surface area contributed by atoms with Crippen LogP contribution in [0.1, 0.15) is 24.2 Å². The maximum absolute atomic E-state index is 12.7. The largest absolute Gasteiger partial charge is 0.490 e. The van der Waals surface area contributed by atoms with Crippen molar-refractivity contribution in [3.05, 3.63) is 60.7 Å².